The van der Waals surface area contributed by atoms with E-state index in [0.29, 0.717) is 6.04 Å². The number of hydrogen-bond donors (Lipinski definition) is 1. The molecule has 1 fully saturated rings. The lowest BCUT2D eigenvalue weighted by Crippen LogP contribution is -2.50. The maximum Gasteiger partial charge on any atom is 0.0416 e. The van der Waals surface area contributed by atoms with E-state index in [2.05, 4.69) is 33.8 Å². The van der Waals surface area contributed by atoms with E-state index in [-0.39, 0.29) is 0 Å². The third kappa shape index (κ3) is 4.54. The lowest BCUT2D eigenvalue weighted by molar-refractivity contribution is 0.0916. The Bertz CT molecular complexity index is 360. The van der Waals surface area contributed by atoms with Crippen molar-refractivity contribution < 1.29 is 0 Å². The molecule has 1 aromatic rings. The first kappa shape index (κ1) is 15.4. The molecule has 0 amide bonds. The van der Waals surface area contributed by atoms with Gasteiger partial charge in [0.15, 0.2) is 0 Å². The minimum absolute atomic E-state index is 0.679. The SMILES string of the molecule is CCC(CCN)N1CCN(CCc2ccccn2)CC1. The van der Waals surface area contributed by atoms with Gasteiger partial charge in [0.25, 0.3) is 0 Å². The van der Waals surface area contributed by atoms with Crippen LogP contribution in [0, 0.1) is 0 Å². The van der Waals surface area contributed by atoms with Gasteiger partial charge < -0.3 is 10.6 Å². The molecule has 0 aromatic carbocycles. The number of aromatic nitrogens is 1. The van der Waals surface area contributed by atoms with Crippen molar-refractivity contribution >= 4 is 0 Å². The Morgan fingerprint density at radius 2 is 2.05 bits per heavy atom. The molecule has 0 aliphatic carbocycles. The van der Waals surface area contributed by atoms with E-state index in [0.717, 1.165) is 25.9 Å². The number of nitrogens with two attached hydrogens (primary N) is 1. The van der Waals surface area contributed by atoms with Crippen LogP contribution in [0.2, 0.25) is 0 Å². The zero-order chi connectivity index (χ0) is 14.2. The molecule has 112 valence electrons. The molecular weight excluding hydrogens is 248 g/mol. The summed E-state index contributed by atoms with van der Waals surface area (Å²) in [6.07, 6.45) is 5.28. The summed E-state index contributed by atoms with van der Waals surface area (Å²) in [7, 11) is 0. The molecule has 1 unspecified atom stereocenters. The van der Waals surface area contributed by atoms with Crippen LogP contribution in [0.4, 0.5) is 0 Å². The number of nitrogens with zero attached hydrogens (tertiary/aromatic N) is 3. The third-order valence-corrected chi connectivity index (χ3v) is 4.30. The van der Waals surface area contributed by atoms with Crippen LogP contribution >= 0.6 is 0 Å². The predicted molar refractivity (Wildman–Crippen MR) is 83.7 cm³/mol. The van der Waals surface area contributed by atoms with Gasteiger partial charge in [0.1, 0.15) is 0 Å². The molecule has 1 aliphatic heterocycles. The summed E-state index contributed by atoms with van der Waals surface area (Å²) in [6.45, 7) is 8.91. The maximum atomic E-state index is 5.71. The molecule has 1 saturated heterocycles. The van der Waals surface area contributed by atoms with Gasteiger partial charge in [0.05, 0.1) is 0 Å². The Morgan fingerprint density at radius 3 is 2.65 bits per heavy atom. The van der Waals surface area contributed by atoms with Crippen molar-refractivity contribution in [1.82, 2.24) is 14.8 Å². The van der Waals surface area contributed by atoms with Crippen LogP contribution < -0.4 is 5.73 Å². The molecule has 1 atom stereocenters. The summed E-state index contributed by atoms with van der Waals surface area (Å²) in [6, 6.07) is 6.84. The molecule has 1 aliphatic rings. The van der Waals surface area contributed by atoms with Crippen molar-refractivity contribution in [1.29, 1.82) is 0 Å². The number of hydrogen-bond acceptors (Lipinski definition) is 4. The Balaban J connectivity index is 1.71. The van der Waals surface area contributed by atoms with Crippen molar-refractivity contribution in [3.8, 4) is 0 Å². The van der Waals surface area contributed by atoms with Gasteiger partial charge in [-0.1, -0.05) is 13.0 Å². The van der Waals surface area contributed by atoms with Gasteiger partial charge in [-0.2, -0.15) is 0 Å². The highest BCUT2D eigenvalue weighted by Gasteiger charge is 2.21. The zero-order valence-electron chi connectivity index (χ0n) is 12.7. The summed E-state index contributed by atoms with van der Waals surface area (Å²) in [5, 5.41) is 0. The summed E-state index contributed by atoms with van der Waals surface area (Å²) in [5.74, 6) is 0. The minimum atomic E-state index is 0.679. The van der Waals surface area contributed by atoms with E-state index in [1.54, 1.807) is 0 Å². The molecule has 1 aromatic heterocycles. The van der Waals surface area contributed by atoms with E-state index >= 15 is 0 Å². The molecule has 4 heteroatoms. The molecule has 2 heterocycles. The van der Waals surface area contributed by atoms with Gasteiger partial charge in [-0.3, -0.25) is 9.88 Å². The van der Waals surface area contributed by atoms with E-state index in [4.69, 9.17) is 5.73 Å². The first-order valence-electron chi connectivity index (χ1n) is 7.90. The highest BCUT2D eigenvalue weighted by Crippen LogP contribution is 2.12. The van der Waals surface area contributed by atoms with E-state index in [1.807, 2.05) is 12.3 Å². The Morgan fingerprint density at radius 1 is 1.25 bits per heavy atom. The van der Waals surface area contributed by atoms with Gasteiger partial charge in [0.2, 0.25) is 0 Å². The minimum Gasteiger partial charge on any atom is -0.330 e. The van der Waals surface area contributed by atoms with E-state index in [9.17, 15) is 0 Å². The van der Waals surface area contributed by atoms with Gasteiger partial charge in [0, 0.05) is 57.1 Å². The molecule has 20 heavy (non-hydrogen) atoms. The lowest BCUT2D eigenvalue weighted by Gasteiger charge is -2.39. The second kappa shape index (κ2) is 8.35. The first-order valence-corrected chi connectivity index (χ1v) is 7.90. The van der Waals surface area contributed by atoms with Crippen LogP contribution in [-0.4, -0.2) is 60.1 Å². The second-order valence-corrected chi connectivity index (χ2v) is 5.59. The Hall–Kier alpha value is -0.970. The van der Waals surface area contributed by atoms with E-state index < -0.39 is 0 Å². The van der Waals surface area contributed by atoms with Gasteiger partial charge in [-0.25, -0.2) is 0 Å². The quantitative estimate of drug-likeness (QED) is 0.817. The standard InChI is InChI=1S/C16H28N4/c1-2-16(6-8-17)20-13-11-19(12-14-20)10-7-15-5-3-4-9-18-15/h3-5,9,16H,2,6-8,10-14,17H2,1H3. The lowest BCUT2D eigenvalue weighted by atomic mass is 10.1. The zero-order valence-corrected chi connectivity index (χ0v) is 12.7. The first-order chi connectivity index (χ1) is 9.83. The summed E-state index contributed by atoms with van der Waals surface area (Å²) < 4.78 is 0. The maximum absolute atomic E-state index is 5.71. The number of rotatable bonds is 7. The van der Waals surface area contributed by atoms with Crippen LogP contribution in [0.3, 0.4) is 0 Å². The molecule has 0 bridgehead atoms. The molecule has 0 radical (unpaired) electrons. The highest BCUT2D eigenvalue weighted by molar-refractivity contribution is 5.03. The van der Waals surface area contributed by atoms with Crippen molar-refractivity contribution in [2.45, 2.75) is 32.2 Å². The van der Waals surface area contributed by atoms with Gasteiger partial charge >= 0.3 is 0 Å². The molecular formula is C16H28N4. The molecule has 2 N–H and O–H groups in total. The number of pyridine rings is 1. The Labute approximate surface area is 123 Å². The predicted octanol–water partition coefficient (Wildman–Crippen LogP) is 1.37. The fraction of sp³-hybridized carbons (Fsp3) is 0.688. The van der Waals surface area contributed by atoms with Crippen molar-refractivity contribution in [2.24, 2.45) is 5.73 Å². The smallest absolute Gasteiger partial charge is 0.0416 e. The molecule has 4 nitrogen and oxygen atoms in total. The topological polar surface area (TPSA) is 45.4 Å². The second-order valence-electron chi connectivity index (χ2n) is 5.59. The molecule has 0 spiro atoms. The Kier molecular flexibility index (Phi) is 6.43. The fourth-order valence-corrected chi connectivity index (χ4v) is 3.01. The summed E-state index contributed by atoms with van der Waals surface area (Å²) in [5.41, 5.74) is 6.91. The van der Waals surface area contributed by atoms with Crippen LogP contribution in [0.15, 0.2) is 24.4 Å². The summed E-state index contributed by atoms with van der Waals surface area (Å²) >= 11 is 0. The summed E-state index contributed by atoms with van der Waals surface area (Å²) in [4.78, 5) is 9.56. The van der Waals surface area contributed by atoms with Crippen LogP contribution in [0.25, 0.3) is 0 Å². The third-order valence-electron chi connectivity index (χ3n) is 4.30. The van der Waals surface area contributed by atoms with Crippen molar-refractivity contribution in [3.63, 3.8) is 0 Å². The highest BCUT2D eigenvalue weighted by atomic mass is 15.3. The molecule has 2 rings (SSSR count). The van der Waals surface area contributed by atoms with Crippen molar-refractivity contribution in [3.05, 3.63) is 30.1 Å². The van der Waals surface area contributed by atoms with Crippen molar-refractivity contribution in [2.75, 3.05) is 39.3 Å². The average Bonchev–Trinajstić information content (AvgIpc) is 2.52. The van der Waals surface area contributed by atoms with Crippen LogP contribution in [0.1, 0.15) is 25.5 Å². The molecule has 0 saturated carbocycles. The normalized spacial score (nSPS) is 19.1. The largest absolute Gasteiger partial charge is 0.330 e. The fourth-order valence-electron chi connectivity index (χ4n) is 3.01. The van der Waals surface area contributed by atoms with E-state index in [1.165, 1.54) is 38.3 Å². The number of piperazine rings is 1. The van der Waals surface area contributed by atoms with Crippen LogP contribution in [-0.2, 0) is 6.42 Å². The van der Waals surface area contributed by atoms with Gasteiger partial charge in [-0.15, -0.1) is 0 Å². The van der Waals surface area contributed by atoms with Gasteiger partial charge in [-0.05, 0) is 31.5 Å². The monoisotopic (exact) mass is 276 g/mol. The average molecular weight is 276 g/mol. The van der Waals surface area contributed by atoms with Crippen LogP contribution in [0.5, 0.6) is 0 Å².